The Morgan fingerprint density at radius 1 is 1.03 bits per heavy atom. The lowest BCUT2D eigenvalue weighted by Crippen LogP contribution is -2.64. The molecular weight excluding hydrogens is 556 g/mol. The number of hydrogen-bond donors (Lipinski definition) is 1. The van der Waals surface area contributed by atoms with Gasteiger partial charge in [-0.3, -0.25) is 19.2 Å². The highest BCUT2D eigenvalue weighted by atomic mass is 35.5. The summed E-state index contributed by atoms with van der Waals surface area (Å²) < 4.78 is 31.2. The summed E-state index contributed by atoms with van der Waals surface area (Å²) in [6, 6.07) is 5.66. The molecule has 0 spiro atoms. The van der Waals surface area contributed by atoms with Crippen molar-refractivity contribution in [1.29, 1.82) is 0 Å². The predicted molar refractivity (Wildman–Crippen MR) is 137 cm³/mol. The van der Waals surface area contributed by atoms with Crippen LogP contribution < -0.4 is 10.1 Å². The van der Waals surface area contributed by atoms with Crippen LogP contribution in [0.3, 0.4) is 0 Å². The zero-order valence-corrected chi connectivity index (χ0v) is 23.5. The first-order chi connectivity index (χ1) is 18.4. The minimum absolute atomic E-state index is 0.0205. The number of nitrogens with zero attached hydrogens (tertiary/aromatic N) is 3. The van der Waals surface area contributed by atoms with E-state index in [1.54, 1.807) is 35.9 Å². The van der Waals surface area contributed by atoms with Gasteiger partial charge in [-0.05, 0) is 36.5 Å². The first-order valence-electron chi connectivity index (χ1n) is 11.8. The Bertz CT molecular complexity index is 1280. The zero-order chi connectivity index (χ0) is 28.9. The van der Waals surface area contributed by atoms with Crippen molar-refractivity contribution in [2.75, 3.05) is 6.61 Å². The Balaban J connectivity index is 2.03. The lowest BCUT2D eigenvalue weighted by Gasteiger charge is -2.45. The number of benzene rings is 1. The molecule has 0 aliphatic carbocycles. The van der Waals surface area contributed by atoms with Crippen LogP contribution in [0.25, 0.3) is 0 Å². The highest BCUT2D eigenvalue weighted by molar-refractivity contribution is 7.71. The van der Waals surface area contributed by atoms with E-state index in [-0.39, 0.29) is 18.0 Å². The standard InChI is InChI=1S/C24H29ClN4O9S/c1-12(30)26-20-22(37-15(4)33)21(36-14(3)32)18(10-34-13(2)31)38-23(20)29-24(39)28(5)19(27-29)11-35-17-8-6-16(25)7-9-17/h6-9,18,20-23H,10-11H2,1-5H3,(H,26,30)/t18-,20-,21-,22-,23-/m1/s1. The lowest BCUT2D eigenvalue weighted by atomic mass is 9.95. The van der Waals surface area contributed by atoms with Crippen LogP contribution in [0.2, 0.25) is 5.02 Å². The zero-order valence-electron chi connectivity index (χ0n) is 21.9. The average molecular weight is 585 g/mol. The summed E-state index contributed by atoms with van der Waals surface area (Å²) in [4.78, 5) is 47.8. The van der Waals surface area contributed by atoms with Gasteiger partial charge in [-0.25, -0.2) is 4.68 Å². The van der Waals surface area contributed by atoms with Crippen molar-refractivity contribution in [3.05, 3.63) is 39.9 Å². The van der Waals surface area contributed by atoms with Crippen molar-refractivity contribution < 1.29 is 42.9 Å². The van der Waals surface area contributed by atoms with E-state index in [4.69, 9.17) is 47.5 Å². The fourth-order valence-corrected chi connectivity index (χ4v) is 4.36. The number of amides is 1. The first kappa shape index (κ1) is 30.1. The molecule has 39 heavy (non-hydrogen) atoms. The van der Waals surface area contributed by atoms with Gasteiger partial charge in [-0.15, -0.1) is 0 Å². The molecule has 3 rings (SSSR count). The molecule has 1 amide bonds. The second-order valence-corrected chi connectivity index (χ2v) is 9.49. The molecule has 0 unspecified atom stereocenters. The third-order valence-electron chi connectivity index (χ3n) is 5.61. The van der Waals surface area contributed by atoms with Gasteiger partial charge in [0.15, 0.2) is 29.0 Å². The third kappa shape index (κ3) is 7.77. The number of hydrogen-bond acceptors (Lipinski definition) is 11. The molecule has 2 aromatic rings. The molecule has 1 aliphatic rings. The molecule has 1 N–H and O–H groups in total. The largest absolute Gasteiger partial charge is 0.486 e. The Kier molecular flexibility index (Phi) is 10.1. The van der Waals surface area contributed by atoms with Crippen LogP contribution in [0.5, 0.6) is 5.75 Å². The van der Waals surface area contributed by atoms with Crippen molar-refractivity contribution in [1.82, 2.24) is 19.7 Å². The van der Waals surface area contributed by atoms with Crippen LogP contribution in [-0.2, 0) is 51.8 Å². The molecular formula is C24H29ClN4O9S. The summed E-state index contributed by atoms with van der Waals surface area (Å²) in [5.74, 6) is -1.56. The molecule has 0 radical (unpaired) electrons. The Morgan fingerprint density at radius 3 is 2.21 bits per heavy atom. The summed E-state index contributed by atoms with van der Waals surface area (Å²) in [5.41, 5.74) is 0. The maximum atomic E-state index is 12.2. The van der Waals surface area contributed by atoms with Crippen LogP contribution >= 0.6 is 23.8 Å². The second-order valence-electron chi connectivity index (χ2n) is 8.69. The molecule has 0 saturated carbocycles. The molecule has 13 nitrogen and oxygen atoms in total. The molecule has 212 valence electrons. The smallest absolute Gasteiger partial charge is 0.303 e. The lowest BCUT2D eigenvalue weighted by molar-refractivity contribution is -0.239. The van der Waals surface area contributed by atoms with Crippen molar-refractivity contribution >= 4 is 47.6 Å². The molecule has 1 aliphatic heterocycles. The normalized spacial score (nSPS) is 22.5. The van der Waals surface area contributed by atoms with E-state index in [0.29, 0.717) is 16.6 Å². The van der Waals surface area contributed by atoms with Crippen molar-refractivity contribution in [3.63, 3.8) is 0 Å². The van der Waals surface area contributed by atoms with Gasteiger partial charge in [0.1, 0.15) is 31.1 Å². The Labute approximate surface area is 234 Å². The van der Waals surface area contributed by atoms with E-state index in [9.17, 15) is 19.2 Å². The van der Waals surface area contributed by atoms with Crippen molar-refractivity contribution in [2.24, 2.45) is 7.05 Å². The Hall–Kier alpha value is -3.49. The highest BCUT2D eigenvalue weighted by Gasteiger charge is 2.52. The summed E-state index contributed by atoms with van der Waals surface area (Å²) in [7, 11) is 1.67. The van der Waals surface area contributed by atoms with E-state index >= 15 is 0 Å². The Morgan fingerprint density at radius 2 is 1.64 bits per heavy atom. The van der Waals surface area contributed by atoms with Gasteiger partial charge >= 0.3 is 17.9 Å². The molecule has 15 heteroatoms. The van der Waals surface area contributed by atoms with Gasteiger partial charge in [0, 0.05) is 39.8 Å². The van der Waals surface area contributed by atoms with Gasteiger partial charge in [0.2, 0.25) is 5.91 Å². The average Bonchev–Trinajstić information content (AvgIpc) is 3.12. The van der Waals surface area contributed by atoms with E-state index in [1.165, 1.54) is 25.5 Å². The number of esters is 3. The third-order valence-corrected chi connectivity index (χ3v) is 6.32. The summed E-state index contributed by atoms with van der Waals surface area (Å²) in [6.45, 7) is 4.46. The topological polar surface area (TPSA) is 149 Å². The SMILES string of the molecule is CC(=O)N[C@@H]1[C@@H](OC(C)=O)[C@H](OC(C)=O)[C@@H](COC(C)=O)O[C@H]1n1nc(COc2ccc(Cl)cc2)n(C)c1=S. The highest BCUT2D eigenvalue weighted by Crippen LogP contribution is 2.33. The molecule has 1 aromatic carbocycles. The monoisotopic (exact) mass is 584 g/mol. The number of aromatic nitrogens is 3. The summed E-state index contributed by atoms with van der Waals surface area (Å²) in [6.07, 6.45) is -4.74. The first-order valence-corrected chi connectivity index (χ1v) is 12.6. The van der Waals surface area contributed by atoms with E-state index in [1.807, 2.05) is 0 Å². The van der Waals surface area contributed by atoms with Gasteiger partial charge in [-0.2, -0.15) is 5.10 Å². The fraction of sp³-hybridized carbons (Fsp3) is 0.500. The van der Waals surface area contributed by atoms with E-state index < -0.39 is 54.4 Å². The number of rotatable bonds is 9. The fourth-order valence-electron chi connectivity index (χ4n) is 3.99. The van der Waals surface area contributed by atoms with Crippen molar-refractivity contribution in [2.45, 2.75) is 64.9 Å². The van der Waals surface area contributed by atoms with Gasteiger partial charge in [0.05, 0.1) is 0 Å². The minimum atomic E-state index is -1.24. The molecule has 1 fully saturated rings. The van der Waals surface area contributed by atoms with Crippen LogP contribution in [0.1, 0.15) is 39.7 Å². The number of halogens is 1. The summed E-state index contributed by atoms with van der Waals surface area (Å²) in [5, 5.41) is 7.79. The molecule has 2 heterocycles. The molecule has 1 aromatic heterocycles. The van der Waals surface area contributed by atoms with Crippen LogP contribution in [-0.4, -0.2) is 69.1 Å². The maximum absolute atomic E-state index is 12.2. The van der Waals surface area contributed by atoms with Crippen LogP contribution in [0.15, 0.2) is 24.3 Å². The molecule has 0 bridgehead atoms. The van der Waals surface area contributed by atoms with Crippen LogP contribution in [0, 0.1) is 4.77 Å². The predicted octanol–water partition coefficient (Wildman–Crippen LogP) is 2.01. The number of carbonyl (C=O) groups is 4. The minimum Gasteiger partial charge on any atom is -0.486 e. The van der Waals surface area contributed by atoms with Gasteiger partial charge < -0.3 is 33.6 Å². The van der Waals surface area contributed by atoms with Crippen LogP contribution in [0.4, 0.5) is 0 Å². The van der Waals surface area contributed by atoms with Crippen molar-refractivity contribution in [3.8, 4) is 5.75 Å². The van der Waals surface area contributed by atoms with E-state index in [0.717, 1.165) is 6.92 Å². The van der Waals surface area contributed by atoms with E-state index in [2.05, 4.69) is 10.4 Å². The molecule has 5 atom stereocenters. The molecule has 1 saturated heterocycles. The number of nitrogens with one attached hydrogen (secondary N) is 1. The van der Waals surface area contributed by atoms with Gasteiger partial charge in [-0.1, -0.05) is 11.6 Å². The number of ether oxygens (including phenoxy) is 5. The number of carbonyl (C=O) groups excluding carboxylic acids is 4. The summed E-state index contributed by atoms with van der Waals surface area (Å²) >= 11 is 11.5. The quantitative estimate of drug-likeness (QED) is 0.262. The second kappa shape index (κ2) is 13.0. The maximum Gasteiger partial charge on any atom is 0.303 e. The van der Waals surface area contributed by atoms with Gasteiger partial charge in [0.25, 0.3) is 0 Å².